The average Bonchev–Trinajstić information content (AvgIpc) is 2.80. The molecule has 1 saturated heterocycles. The number of carbonyl (C=O) groups excluding carboxylic acids is 1. The molecule has 0 atom stereocenters. The van der Waals surface area contributed by atoms with Gasteiger partial charge < -0.3 is 9.80 Å². The summed E-state index contributed by atoms with van der Waals surface area (Å²) in [5, 5.41) is 0.156. The monoisotopic (exact) mass is 447 g/mol. The summed E-state index contributed by atoms with van der Waals surface area (Å²) < 4.78 is 41.1. The fourth-order valence-electron chi connectivity index (χ4n) is 3.81. The quantitative estimate of drug-likeness (QED) is 0.597. The van der Waals surface area contributed by atoms with Crippen LogP contribution < -0.4 is 16.1 Å². The van der Waals surface area contributed by atoms with E-state index >= 15 is 0 Å². The minimum atomic E-state index is -4.42. The number of amides is 1. The van der Waals surface area contributed by atoms with Crippen LogP contribution >= 0.6 is 0 Å². The number of hydrogen-bond acceptors (Lipinski definition) is 5. The first-order chi connectivity index (χ1) is 15.1. The van der Waals surface area contributed by atoms with Crippen LogP contribution in [0.2, 0.25) is 0 Å². The Hall–Kier alpha value is -3.63. The van der Waals surface area contributed by atoms with Gasteiger partial charge in [0.1, 0.15) is 5.65 Å². The van der Waals surface area contributed by atoms with Crippen LogP contribution in [0.1, 0.15) is 15.9 Å². The summed E-state index contributed by atoms with van der Waals surface area (Å²) in [7, 11) is 2.84. The van der Waals surface area contributed by atoms with E-state index in [0.29, 0.717) is 31.9 Å². The highest BCUT2D eigenvalue weighted by atomic mass is 19.4. The van der Waals surface area contributed by atoms with Crippen molar-refractivity contribution in [2.24, 2.45) is 14.1 Å². The molecule has 2 aromatic heterocycles. The molecule has 0 spiro atoms. The zero-order valence-electron chi connectivity index (χ0n) is 17.4. The lowest BCUT2D eigenvalue weighted by atomic mass is 10.1. The number of aryl methyl sites for hydroxylation is 1. The Morgan fingerprint density at radius 2 is 1.69 bits per heavy atom. The predicted molar refractivity (Wildman–Crippen MR) is 112 cm³/mol. The Labute approximate surface area is 180 Å². The van der Waals surface area contributed by atoms with Gasteiger partial charge in [-0.05, 0) is 24.3 Å². The second-order valence-corrected chi connectivity index (χ2v) is 7.63. The van der Waals surface area contributed by atoms with Crippen molar-refractivity contribution in [2.75, 3.05) is 31.1 Å². The molecule has 0 saturated carbocycles. The van der Waals surface area contributed by atoms with E-state index in [2.05, 4.69) is 4.98 Å². The van der Waals surface area contributed by atoms with E-state index in [0.717, 1.165) is 16.7 Å². The van der Waals surface area contributed by atoms with Crippen molar-refractivity contribution in [3.63, 3.8) is 0 Å². The van der Waals surface area contributed by atoms with Crippen LogP contribution in [0.5, 0.6) is 0 Å². The average molecular weight is 447 g/mol. The van der Waals surface area contributed by atoms with Crippen LogP contribution in [-0.2, 0) is 20.3 Å². The molecule has 4 rings (SSSR count). The third-order valence-corrected chi connectivity index (χ3v) is 5.65. The molecule has 1 aliphatic heterocycles. The van der Waals surface area contributed by atoms with Gasteiger partial charge in [-0.2, -0.15) is 13.2 Å². The second kappa shape index (κ2) is 7.81. The molecule has 0 N–H and O–H groups in total. The molecular weight excluding hydrogens is 427 g/mol. The smallest absolute Gasteiger partial charge is 0.368 e. The van der Waals surface area contributed by atoms with Crippen LogP contribution in [0.15, 0.2) is 46.1 Å². The Kier molecular flexibility index (Phi) is 5.27. The molecule has 1 aromatic carbocycles. The van der Waals surface area contributed by atoms with Crippen molar-refractivity contribution in [3.05, 3.63) is 68.5 Å². The number of benzene rings is 1. The minimum Gasteiger partial charge on any atom is -0.368 e. The summed E-state index contributed by atoms with van der Waals surface area (Å²) in [5.74, 6) is -0.334. The van der Waals surface area contributed by atoms with E-state index in [-0.39, 0.29) is 22.5 Å². The molecule has 0 bridgehead atoms. The lowest BCUT2D eigenvalue weighted by molar-refractivity contribution is -0.137. The molecule has 3 aromatic rings. The number of carbonyl (C=O) groups is 1. The number of aromatic nitrogens is 3. The SMILES string of the molecule is Cn1c(=O)c2cc(C(=O)N3CCN(c4cccc(C(F)(F)F)c4)CC3)cnc2n(C)c1=O. The number of nitrogens with zero attached hydrogens (tertiary/aromatic N) is 5. The first kappa shape index (κ1) is 21.6. The number of halogens is 3. The topological polar surface area (TPSA) is 80.4 Å². The van der Waals surface area contributed by atoms with Crippen LogP contribution in [0.3, 0.4) is 0 Å². The summed E-state index contributed by atoms with van der Waals surface area (Å²) in [6, 6.07) is 6.52. The standard InChI is InChI=1S/C21H20F3N5O3/c1-26-17-16(19(31)27(2)20(26)32)10-13(12-25-17)18(30)29-8-6-28(7-9-29)15-5-3-4-14(11-15)21(22,23)24/h3-5,10-12H,6-9H2,1-2H3. The highest BCUT2D eigenvalue weighted by Crippen LogP contribution is 2.32. The fourth-order valence-corrected chi connectivity index (χ4v) is 3.81. The van der Waals surface area contributed by atoms with Crippen LogP contribution in [0, 0.1) is 0 Å². The summed E-state index contributed by atoms with van der Waals surface area (Å²) in [4.78, 5) is 45.0. The Balaban J connectivity index is 1.53. The van der Waals surface area contributed by atoms with E-state index in [1.165, 1.54) is 37.0 Å². The Morgan fingerprint density at radius 1 is 1.00 bits per heavy atom. The molecular formula is C21H20F3N5O3. The number of piperazine rings is 1. The van der Waals surface area contributed by atoms with Gasteiger partial charge in [-0.25, -0.2) is 9.78 Å². The van der Waals surface area contributed by atoms with Gasteiger partial charge in [0.2, 0.25) is 0 Å². The number of hydrogen-bond donors (Lipinski definition) is 0. The first-order valence-electron chi connectivity index (χ1n) is 9.85. The Bertz CT molecular complexity index is 1320. The molecule has 1 amide bonds. The number of alkyl halides is 3. The highest BCUT2D eigenvalue weighted by Gasteiger charge is 2.31. The minimum absolute atomic E-state index is 0.156. The summed E-state index contributed by atoms with van der Waals surface area (Å²) in [6.45, 7) is 1.34. The summed E-state index contributed by atoms with van der Waals surface area (Å²) in [5.41, 5.74) is -0.931. The molecule has 1 fully saturated rings. The van der Waals surface area contributed by atoms with Gasteiger partial charge in [-0.3, -0.25) is 18.7 Å². The number of pyridine rings is 1. The van der Waals surface area contributed by atoms with Gasteiger partial charge >= 0.3 is 11.9 Å². The van der Waals surface area contributed by atoms with Crippen LogP contribution in [0.4, 0.5) is 18.9 Å². The van der Waals surface area contributed by atoms with Gasteiger partial charge in [-0.1, -0.05) is 6.07 Å². The molecule has 32 heavy (non-hydrogen) atoms. The summed E-state index contributed by atoms with van der Waals surface area (Å²) >= 11 is 0. The maximum Gasteiger partial charge on any atom is 0.416 e. The third kappa shape index (κ3) is 3.74. The first-order valence-corrected chi connectivity index (χ1v) is 9.85. The maximum absolute atomic E-state index is 13.0. The van der Waals surface area contributed by atoms with E-state index in [1.807, 2.05) is 0 Å². The van der Waals surface area contributed by atoms with E-state index in [9.17, 15) is 27.6 Å². The van der Waals surface area contributed by atoms with E-state index < -0.39 is 23.0 Å². The zero-order valence-corrected chi connectivity index (χ0v) is 17.4. The largest absolute Gasteiger partial charge is 0.416 e. The van der Waals surface area contributed by atoms with Crippen molar-refractivity contribution in [1.29, 1.82) is 0 Å². The molecule has 11 heteroatoms. The van der Waals surface area contributed by atoms with Crippen molar-refractivity contribution in [3.8, 4) is 0 Å². The van der Waals surface area contributed by atoms with Crippen molar-refractivity contribution in [2.45, 2.75) is 6.18 Å². The maximum atomic E-state index is 13.0. The Morgan fingerprint density at radius 3 is 2.34 bits per heavy atom. The lowest BCUT2D eigenvalue weighted by Gasteiger charge is -2.36. The molecule has 168 valence electrons. The van der Waals surface area contributed by atoms with Crippen molar-refractivity contribution >= 4 is 22.6 Å². The zero-order chi connectivity index (χ0) is 23.2. The van der Waals surface area contributed by atoms with E-state index in [1.54, 1.807) is 15.9 Å². The van der Waals surface area contributed by atoms with Crippen LogP contribution in [0.25, 0.3) is 11.0 Å². The molecule has 1 aliphatic rings. The normalized spacial score (nSPS) is 14.8. The second-order valence-electron chi connectivity index (χ2n) is 7.63. The fraction of sp³-hybridized carbons (Fsp3) is 0.333. The van der Waals surface area contributed by atoms with E-state index in [4.69, 9.17) is 0 Å². The number of fused-ring (bicyclic) bond motifs is 1. The van der Waals surface area contributed by atoms with Crippen molar-refractivity contribution < 1.29 is 18.0 Å². The van der Waals surface area contributed by atoms with Crippen LogP contribution in [-0.4, -0.2) is 51.1 Å². The molecule has 0 radical (unpaired) electrons. The van der Waals surface area contributed by atoms with Crippen molar-refractivity contribution in [1.82, 2.24) is 19.0 Å². The van der Waals surface area contributed by atoms with Gasteiger partial charge in [-0.15, -0.1) is 0 Å². The third-order valence-electron chi connectivity index (χ3n) is 5.65. The van der Waals surface area contributed by atoms with Gasteiger partial charge in [0, 0.05) is 52.2 Å². The van der Waals surface area contributed by atoms with Gasteiger partial charge in [0.05, 0.1) is 16.5 Å². The molecule has 0 aliphatic carbocycles. The number of anilines is 1. The van der Waals surface area contributed by atoms with Gasteiger partial charge in [0.25, 0.3) is 11.5 Å². The summed E-state index contributed by atoms with van der Waals surface area (Å²) in [6.07, 6.45) is -3.10. The lowest BCUT2D eigenvalue weighted by Crippen LogP contribution is -2.49. The number of rotatable bonds is 2. The highest BCUT2D eigenvalue weighted by molar-refractivity contribution is 5.96. The predicted octanol–water partition coefficient (Wildman–Crippen LogP) is 1.61. The molecule has 3 heterocycles. The molecule has 0 unspecified atom stereocenters. The van der Waals surface area contributed by atoms with Gasteiger partial charge in [0.15, 0.2) is 0 Å². The molecule has 8 nitrogen and oxygen atoms in total.